The standard InChI is InChI=1S/C26H23ClN2O4/c1-2-32-21-9-6-17(7-10-21)12-13-28-25(30)19-8-11-23-22(16-19)29-26(31)24(33-23)15-18-4-3-5-20(27)14-18/h3-11,14-16H,2,12-13H2,1H3,(H,28,30)(H,29,31)/b24-15-. The average Bonchev–Trinajstić information content (AvgIpc) is 2.80. The molecule has 3 aromatic carbocycles. The topological polar surface area (TPSA) is 76.7 Å². The van der Waals surface area contributed by atoms with Gasteiger partial charge in [-0.1, -0.05) is 35.9 Å². The van der Waals surface area contributed by atoms with Gasteiger partial charge in [-0.05, 0) is 73.0 Å². The lowest BCUT2D eigenvalue weighted by molar-refractivity contribution is -0.115. The number of rotatable bonds is 7. The third kappa shape index (κ3) is 5.73. The number of hydrogen-bond acceptors (Lipinski definition) is 4. The van der Waals surface area contributed by atoms with Crippen molar-refractivity contribution < 1.29 is 19.1 Å². The summed E-state index contributed by atoms with van der Waals surface area (Å²) in [5.74, 6) is 0.828. The van der Waals surface area contributed by atoms with E-state index in [1.807, 2.05) is 37.3 Å². The molecule has 0 fully saturated rings. The molecule has 0 unspecified atom stereocenters. The largest absolute Gasteiger partial charge is 0.494 e. The number of hydrogen-bond donors (Lipinski definition) is 2. The van der Waals surface area contributed by atoms with Crippen molar-refractivity contribution in [1.29, 1.82) is 0 Å². The summed E-state index contributed by atoms with van der Waals surface area (Å²) >= 11 is 6.00. The summed E-state index contributed by atoms with van der Waals surface area (Å²) in [6.45, 7) is 3.05. The Hall–Kier alpha value is -3.77. The van der Waals surface area contributed by atoms with Crippen LogP contribution in [0.1, 0.15) is 28.4 Å². The predicted octanol–water partition coefficient (Wildman–Crippen LogP) is 5.08. The minimum atomic E-state index is -0.393. The van der Waals surface area contributed by atoms with E-state index in [2.05, 4.69) is 10.6 Å². The van der Waals surface area contributed by atoms with E-state index < -0.39 is 5.91 Å². The highest BCUT2D eigenvalue weighted by molar-refractivity contribution is 6.30. The fourth-order valence-corrected chi connectivity index (χ4v) is 3.59. The maximum Gasteiger partial charge on any atom is 0.291 e. The second kappa shape index (κ2) is 10.2. The van der Waals surface area contributed by atoms with Gasteiger partial charge in [-0.2, -0.15) is 0 Å². The van der Waals surface area contributed by atoms with E-state index in [9.17, 15) is 9.59 Å². The molecule has 0 atom stereocenters. The van der Waals surface area contributed by atoms with Gasteiger partial charge in [0.15, 0.2) is 11.5 Å². The highest BCUT2D eigenvalue weighted by atomic mass is 35.5. The minimum absolute atomic E-state index is 0.150. The second-order valence-corrected chi connectivity index (χ2v) is 7.85. The molecule has 0 radical (unpaired) electrons. The molecular weight excluding hydrogens is 440 g/mol. The molecular formula is C26H23ClN2O4. The highest BCUT2D eigenvalue weighted by Crippen LogP contribution is 2.32. The van der Waals surface area contributed by atoms with Crippen LogP contribution in [0.2, 0.25) is 5.02 Å². The molecule has 0 aromatic heterocycles. The molecule has 0 saturated carbocycles. The maximum absolute atomic E-state index is 12.6. The Bertz CT molecular complexity index is 1210. The summed E-state index contributed by atoms with van der Waals surface area (Å²) in [7, 11) is 0. The van der Waals surface area contributed by atoms with Crippen LogP contribution in [0, 0.1) is 0 Å². The van der Waals surface area contributed by atoms with Crippen molar-refractivity contribution in [3.8, 4) is 11.5 Å². The van der Waals surface area contributed by atoms with Crippen LogP contribution < -0.4 is 20.1 Å². The average molecular weight is 463 g/mol. The van der Waals surface area contributed by atoms with Gasteiger partial charge in [0.1, 0.15) is 5.75 Å². The van der Waals surface area contributed by atoms with Crippen LogP contribution in [0.5, 0.6) is 11.5 Å². The van der Waals surface area contributed by atoms with Gasteiger partial charge >= 0.3 is 0 Å². The summed E-state index contributed by atoms with van der Waals surface area (Å²) in [4.78, 5) is 25.0. The van der Waals surface area contributed by atoms with Crippen LogP contribution in [-0.4, -0.2) is 25.0 Å². The van der Waals surface area contributed by atoms with Crippen molar-refractivity contribution in [3.63, 3.8) is 0 Å². The van der Waals surface area contributed by atoms with Gasteiger partial charge in [-0.3, -0.25) is 9.59 Å². The molecule has 7 heteroatoms. The van der Waals surface area contributed by atoms with Crippen molar-refractivity contribution >= 4 is 35.2 Å². The van der Waals surface area contributed by atoms with Gasteiger partial charge in [0.2, 0.25) is 0 Å². The number of carbonyl (C=O) groups is 2. The first-order valence-corrected chi connectivity index (χ1v) is 11.0. The van der Waals surface area contributed by atoms with Gasteiger partial charge in [-0.25, -0.2) is 0 Å². The summed E-state index contributed by atoms with van der Waals surface area (Å²) in [6, 6.07) is 19.9. The van der Waals surface area contributed by atoms with E-state index in [0.717, 1.165) is 16.9 Å². The number of anilines is 1. The summed E-state index contributed by atoms with van der Waals surface area (Å²) in [6.07, 6.45) is 2.31. The number of nitrogens with one attached hydrogen (secondary N) is 2. The number of carbonyl (C=O) groups excluding carboxylic acids is 2. The first-order chi connectivity index (χ1) is 16.0. The third-order valence-corrected chi connectivity index (χ3v) is 5.25. The van der Waals surface area contributed by atoms with Crippen LogP contribution in [-0.2, 0) is 11.2 Å². The lowest BCUT2D eigenvalue weighted by Crippen LogP contribution is -2.27. The third-order valence-electron chi connectivity index (χ3n) is 5.01. The zero-order valence-electron chi connectivity index (χ0n) is 18.1. The van der Waals surface area contributed by atoms with Gasteiger partial charge in [-0.15, -0.1) is 0 Å². The minimum Gasteiger partial charge on any atom is -0.494 e. The van der Waals surface area contributed by atoms with Crippen molar-refractivity contribution in [2.24, 2.45) is 0 Å². The monoisotopic (exact) mass is 462 g/mol. The SMILES string of the molecule is CCOc1ccc(CCNC(=O)c2ccc3c(c2)NC(=O)/C(=C/c2cccc(Cl)c2)O3)cc1. The molecule has 4 rings (SSSR count). The molecule has 0 aliphatic carbocycles. The Balaban J connectivity index is 1.37. The fourth-order valence-electron chi connectivity index (χ4n) is 3.39. The first-order valence-electron chi connectivity index (χ1n) is 10.6. The zero-order valence-corrected chi connectivity index (χ0v) is 18.8. The molecule has 1 aliphatic rings. The number of halogens is 1. The van der Waals surface area contributed by atoms with Crippen molar-refractivity contribution in [1.82, 2.24) is 5.32 Å². The molecule has 1 heterocycles. The number of fused-ring (bicyclic) bond motifs is 1. The predicted molar refractivity (Wildman–Crippen MR) is 129 cm³/mol. The molecule has 33 heavy (non-hydrogen) atoms. The molecule has 2 amide bonds. The molecule has 168 valence electrons. The van der Waals surface area contributed by atoms with Crippen LogP contribution in [0.3, 0.4) is 0 Å². The summed E-state index contributed by atoms with van der Waals surface area (Å²) in [5.41, 5.74) is 2.73. The normalized spacial score (nSPS) is 13.6. The van der Waals surface area contributed by atoms with Crippen LogP contribution in [0.4, 0.5) is 5.69 Å². The summed E-state index contributed by atoms with van der Waals surface area (Å²) in [5, 5.41) is 6.25. The van der Waals surface area contributed by atoms with Crippen molar-refractivity contribution in [2.45, 2.75) is 13.3 Å². The van der Waals surface area contributed by atoms with Crippen LogP contribution >= 0.6 is 11.6 Å². The zero-order chi connectivity index (χ0) is 23.2. The van der Waals surface area contributed by atoms with Gasteiger partial charge in [0.05, 0.1) is 12.3 Å². The smallest absolute Gasteiger partial charge is 0.291 e. The van der Waals surface area contributed by atoms with E-state index >= 15 is 0 Å². The van der Waals surface area contributed by atoms with Gasteiger partial charge < -0.3 is 20.1 Å². The Morgan fingerprint density at radius 3 is 2.70 bits per heavy atom. The van der Waals surface area contributed by atoms with Crippen LogP contribution in [0.15, 0.2) is 72.5 Å². The molecule has 1 aliphatic heterocycles. The molecule has 6 nitrogen and oxygen atoms in total. The van der Waals surface area contributed by atoms with E-state index in [0.29, 0.717) is 41.6 Å². The lowest BCUT2D eigenvalue weighted by atomic mass is 10.1. The Kier molecular flexibility index (Phi) is 6.95. The number of amides is 2. The second-order valence-electron chi connectivity index (χ2n) is 7.41. The maximum atomic E-state index is 12.6. The van der Waals surface area contributed by atoms with E-state index in [4.69, 9.17) is 21.1 Å². The Morgan fingerprint density at radius 2 is 1.94 bits per heavy atom. The van der Waals surface area contributed by atoms with Gasteiger partial charge in [0.25, 0.3) is 11.8 Å². The van der Waals surface area contributed by atoms with Crippen molar-refractivity contribution in [3.05, 3.63) is 94.2 Å². The first kappa shape index (κ1) is 22.4. The molecule has 0 spiro atoms. The molecule has 3 aromatic rings. The Morgan fingerprint density at radius 1 is 1.12 bits per heavy atom. The number of benzene rings is 3. The molecule has 0 bridgehead atoms. The van der Waals surface area contributed by atoms with Crippen LogP contribution in [0.25, 0.3) is 6.08 Å². The Labute approximate surface area is 197 Å². The lowest BCUT2D eigenvalue weighted by Gasteiger charge is -2.20. The van der Waals surface area contributed by atoms with E-state index in [1.165, 1.54) is 0 Å². The summed E-state index contributed by atoms with van der Waals surface area (Å²) < 4.78 is 11.2. The number of ether oxygens (including phenoxy) is 2. The molecule has 0 saturated heterocycles. The fraction of sp³-hybridized carbons (Fsp3) is 0.154. The van der Waals surface area contributed by atoms with E-state index in [1.54, 1.807) is 42.5 Å². The quantitative estimate of drug-likeness (QED) is 0.480. The van der Waals surface area contributed by atoms with Gasteiger partial charge in [0, 0.05) is 17.1 Å². The van der Waals surface area contributed by atoms with E-state index in [-0.39, 0.29) is 11.7 Å². The molecule has 2 N–H and O–H groups in total. The highest BCUT2D eigenvalue weighted by Gasteiger charge is 2.23. The van der Waals surface area contributed by atoms with Crippen molar-refractivity contribution in [2.75, 3.05) is 18.5 Å².